The lowest BCUT2D eigenvalue weighted by Crippen LogP contribution is -2.38. The van der Waals surface area contributed by atoms with E-state index in [2.05, 4.69) is 68.2 Å². The number of hydrogen-bond acceptors (Lipinski definition) is 2. The SMILES string of the molecule is CC.CCC(CN(C)Cc1ccccc1)N(C)C. The lowest BCUT2D eigenvalue weighted by atomic mass is 10.1. The summed E-state index contributed by atoms with van der Waals surface area (Å²) in [7, 11) is 6.51. The molecular formula is C16H30N2. The molecule has 0 aliphatic carbocycles. The van der Waals surface area contributed by atoms with E-state index in [1.54, 1.807) is 0 Å². The first-order valence-corrected chi connectivity index (χ1v) is 7.02. The molecule has 0 spiro atoms. The minimum atomic E-state index is 0.647. The van der Waals surface area contributed by atoms with Gasteiger partial charge in [-0.05, 0) is 33.1 Å². The Morgan fingerprint density at radius 1 is 1.00 bits per heavy atom. The van der Waals surface area contributed by atoms with Crippen LogP contribution in [-0.2, 0) is 6.54 Å². The molecule has 1 aromatic rings. The molecule has 1 aromatic carbocycles. The maximum atomic E-state index is 2.39. The van der Waals surface area contributed by atoms with Gasteiger partial charge in [0, 0.05) is 19.1 Å². The average Bonchev–Trinajstić information content (AvgIpc) is 2.39. The quantitative estimate of drug-likeness (QED) is 0.762. The first-order chi connectivity index (χ1) is 8.63. The van der Waals surface area contributed by atoms with Gasteiger partial charge < -0.3 is 9.80 Å². The van der Waals surface area contributed by atoms with Crippen molar-refractivity contribution in [1.29, 1.82) is 0 Å². The van der Waals surface area contributed by atoms with Crippen LogP contribution in [0.3, 0.4) is 0 Å². The second-order valence-electron chi connectivity index (χ2n) is 4.71. The van der Waals surface area contributed by atoms with Gasteiger partial charge in [0.05, 0.1) is 0 Å². The van der Waals surface area contributed by atoms with E-state index in [0.717, 1.165) is 13.1 Å². The molecular weight excluding hydrogens is 220 g/mol. The smallest absolute Gasteiger partial charge is 0.0231 e. The predicted octanol–water partition coefficient (Wildman–Crippen LogP) is 3.48. The highest BCUT2D eigenvalue weighted by atomic mass is 15.2. The van der Waals surface area contributed by atoms with Crippen LogP contribution in [0.2, 0.25) is 0 Å². The molecule has 0 radical (unpaired) electrons. The van der Waals surface area contributed by atoms with Crippen LogP contribution < -0.4 is 0 Å². The van der Waals surface area contributed by atoms with Crippen molar-refractivity contribution in [2.45, 2.75) is 39.8 Å². The molecule has 0 heterocycles. The zero-order chi connectivity index (χ0) is 14.0. The number of rotatable bonds is 6. The molecule has 1 atom stereocenters. The van der Waals surface area contributed by atoms with E-state index >= 15 is 0 Å². The van der Waals surface area contributed by atoms with Crippen molar-refractivity contribution in [3.8, 4) is 0 Å². The predicted molar refractivity (Wildman–Crippen MR) is 81.9 cm³/mol. The molecule has 0 aromatic heterocycles. The molecule has 1 unspecified atom stereocenters. The summed E-state index contributed by atoms with van der Waals surface area (Å²) in [5.74, 6) is 0. The van der Waals surface area contributed by atoms with Gasteiger partial charge in [-0.3, -0.25) is 0 Å². The van der Waals surface area contributed by atoms with Crippen molar-refractivity contribution >= 4 is 0 Å². The first kappa shape index (κ1) is 17.1. The van der Waals surface area contributed by atoms with Gasteiger partial charge in [0.2, 0.25) is 0 Å². The molecule has 0 bridgehead atoms. The van der Waals surface area contributed by atoms with Gasteiger partial charge in [-0.25, -0.2) is 0 Å². The molecule has 0 aliphatic heterocycles. The fourth-order valence-corrected chi connectivity index (χ4v) is 1.98. The third-order valence-electron chi connectivity index (χ3n) is 3.02. The van der Waals surface area contributed by atoms with E-state index in [1.807, 2.05) is 13.8 Å². The summed E-state index contributed by atoms with van der Waals surface area (Å²) in [6, 6.07) is 11.3. The summed E-state index contributed by atoms with van der Waals surface area (Å²) < 4.78 is 0. The summed E-state index contributed by atoms with van der Waals surface area (Å²) >= 11 is 0. The Labute approximate surface area is 114 Å². The lowest BCUT2D eigenvalue weighted by Gasteiger charge is -2.28. The second-order valence-corrected chi connectivity index (χ2v) is 4.71. The average molecular weight is 250 g/mol. The summed E-state index contributed by atoms with van der Waals surface area (Å²) in [5, 5.41) is 0. The fraction of sp³-hybridized carbons (Fsp3) is 0.625. The highest BCUT2D eigenvalue weighted by Crippen LogP contribution is 2.06. The zero-order valence-corrected chi connectivity index (χ0v) is 13.0. The number of benzene rings is 1. The number of nitrogens with zero attached hydrogens (tertiary/aromatic N) is 2. The fourth-order valence-electron chi connectivity index (χ4n) is 1.98. The molecule has 2 nitrogen and oxygen atoms in total. The van der Waals surface area contributed by atoms with Gasteiger partial charge >= 0.3 is 0 Å². The summed E-state index contributed by atoms with van der Waals surface area (Å²) in [6.45, 7) is 8.41. The molecule has 104 valence electrons. The standard InChI is InChI=1S/C14H24N2.C2H6/c1-5-14(15(2)3)12-16(4)11-13-9-7-6-8-10-13;1-2/h6-10,14H,5,11-12H2,1-4H3;1-2H3. The van der Waals surface area contributed by atoms with E-state index in [-0.39, 0.29) is 0 Å². The molecule has 0 aliphatic rings. The molecule has 0 amide bonds. The Kier molecular flexibility index (Phi) is 9.62. The Balaban J connectivity index is 0.00000137. The van der Waals surface area contributed by atoms with Gasteiger partial charge in [-0.2, -0.15) is 0 Å². The normalized spacial score (nSPS) is 12.2. The Morgan fingerprint density at radius 3 is 2.00 bits per heavy atom. The zero-order valence-electron chi connectivity index (χ0n) is 13.0. The molecule has 0 saturated heterocycles. The van der Waals surface area contributed by atoms with Crippen molar-refractivity contribution in [2.75, 3.05) is 27.7 Å². The van der Waals surface area contributed by atoms with Crippen molar-refractivity contribution in [3.05, 3.63) is 35.9 Å². The van der Waals surface area contributed by atoms with Gasteiger partial charge in [-0.1, -0.05) is 51.1 Å². The third-order valence-corrected chi connectivity index (χ3v) is 3.02. The van der Waals surface area contributed by atoms with Gasteiger partial charge in [0.25, 0.3) is 0 Å². The van der Waals surface area contributed by atoms with Gasteiger partial charge in [-0.15, -0.1) is 0 Å². The van der Waals surface area contributed by atoms with Gasteiger partial charge in [0.15, 0.2) is 0 Å². The molecule has 2 heteroatoms. The van der Waals surface area contributed by atoms with Crippen molar-refractivity contribution < 1.29 is 0 Å². The van der Waals surface area contributed by atoms with Crippen LogP contribution in [0.15, 0.2) is 30.3 Å². The van der Waals surface area contributed by atoms with Gasteiger partial charge in [0.1, 0.15) is 0 Å². The van der Waals surface area contributed by atoms with Crippen LogP contribution >= 0.6 is 0 Å². The maximum Gasteiger partial charge on any atom is 0.0231 e. The van der Waals surface area contributed by atoms with E-state index in [0.29, 0.717) is 6.04 Å². The molecule has 0 N–H and O–H groups in total. The van der Waals surface area contributed by atoms with E-state index in [1.165, 1.54) is 12.0 Å². The summed E-state index contributed by atoms with van der Waals surface area (Å²) in [6.07, 6.45) is 1.20. The molecule has 18 heavy (non-hydrogen) atoms. The van der Waals surface area contributed by atoms with Crippen LogP contribution in [0.4, 0.5) is 0 Å². The van der Waals surface area contributed by atoms with E-state index < -0.39 is 0 Å². The largest absolute Gasteiger partial charge is 0.305 e. The van der Waals surface area contributed by atoms with Crippen LogP contribution in [0.5, 0.6) is 0 Å². The monoisotopic (exact) mass is 250 g/mol. The Morgan fingerprint density at radius 2 is 1.56 bits per heavy atom. The van der Waals surface area contributed by atoms with Crippen LogP contribution in [-0.4, -0.2) is 43.5 Å². The topological polar surface area (TPSA) is 6.48 Å². The second kappa shape index (κ2) is 10.1. The van der Waals surface area contributed by atoms with E-state index in [9.17, 15) is 0 Å². The lowest BCUT2D eigenvalue weighted by molar-refractivity contribution is 0.198. The highest BCUT2D eigenvalue weighted by Gasteiger charge is 2.11. The van der Waals surface area contributed by atoms with Crippen LogP contribution in [0.1, 0.15) is 32.8 Å². The van der Waals surface area contributed by atoms with Crippen LogP contribution in [0.25, 0.3) is 0 Å². The summed E-state index contributed by atoms with van der Waals surface area (Å²) in [4.78, 5) is 4.70. The highest BCUT2D eigenvalue weighted by molar-refractivity contribution is 5.14. The molecule has 1 rings (SSSR count). The van der Waals surface area contributed by atoms with Crippen molar-refractivity contribution in [1.82, 2.24) is 9.80 Å². The number of likely N-dealkylation sites (N-methyl/N-ethyl adjacent to an activating group) is 2. The molecule has 0 saturated carbocycles. The minimum absolute atomic E-state index is 0.647. The maximum absolute atomic E-state index is 2.39. The Hall–Kier alpha value is -0.860. The third kappa shape index (κ3) is 6.77. The van der Waals surface area contributed by atoms with Crippen LogP contribution in [0, 0.1) is 0 Å². The molecule has 0 fully saturated rings. The van der Waals surface area contributed by atoms with Crippen molar-refractivity contribution in [3.63, 3.8) is 0 Å². The Bertz CT molecular complexity index is 282. The minimum Gasteiger partial charge on any atom is -0.305 e. The van der Waals surface area contributed by atoms with E-state index in [4.69, 9.17) is 0 Å². The number of hydrogen-bond donors (Lipinski definition) is 0. The first-order valence-electron chi connectivity index (χ1n) is 7.02. The van der Waals surface area contributed by atoms with Crippen molar-refractivity contribution in [2.24, 2.45) is 0 Å². The summed E-state index contributed by atoms with van der Waals surface area (Å²) in [5.41, 5.74) is 1.39.